The lowest BCUT2D eigenvalue weighted by molar-refractivity contribution is -0.694. The Hall–Kier alpha value is -6.89. The summed E-state index contributed by atoms with van der Waals surface area (Å²) in [7, 11) is 0. The molecule has 1 heterocycles. The van der Waals surface area contributed by atoms with E-state index in [0.717, 1.165) is 6.54 Å². The fourth-order valence-corrected chi connectivity index (χ4v) is 9.67. The molecule has 1 aromatic heterocycles. The number of unbranched alkanes of at least 4 members (excludes halogenated alkanes) is 5. The summed E-state index contributed by atoms with van der Waals surface area (Å²) in [6.07, 6.45) is -43.3. The molecule has 0 atom stereocenters. The second-order valence-corrected chi connectivity index (χ2v) is 19.2. The molecule has 0 fully saturated rings. The van der Waals surface area contributed by atoms with Gasteiger partial charge in [0, 0.05) is 23.4 Å². The molecule has 0 bridgehead atoms. The molecule has 0 aliphatic heterocycles. The van der Waals surface area contributed by atoms with Gasteiger partial charge in [-0.2, -0.15) is 132 Å². The molecule has 26 heteroatoms. The summed E-state index contributed by atoms with van der Waals surface area (Å²) in [6.45, 7) is 3.24. The minimum atomic E-state index is -6.13. The molecular formula is C56H42BF24N. The van der Waals surface area contributed by atoms with E-state index in [0.29, 0.717) is 0 Å². The Bertz CT molecular complexity index is 2890. The number of alkyl halides is 24. The van der Waals surface area contributed by atoms with Crippen LogP contribution in [0, 0.1) is 0 Å². The van der Waals surface area contributed by atoms with Crippen LogP contribution in [0.5, 0.6) is 0 Å². The molecule has 0 N–H and O–H groups in total. The monoisotopic (exact) mass is 1200 g/mol. The zero-order valence-corrected chi connectivity index (χ0v) is 42.0. The topological polar surface area (TPSA) is 3.88 Å². The van der Waals surface area contributed by atoms with Crippen LogP contribution in [0.2, 0.25) is 0 Å². The first-order valence-electron chi connectivity index (χ1n) is 24.4. The predicted molar refractivity (Wildman–Crippen MR) is 257 cm³/mol. The van der Waals surface area contributed by atoms with Gasteiger partial charge in [0.15, 0.2) is 18.4 Å². The molecule has 0 saturated carbocycles. The van der Waals surface area contributed by atoms with Crippen LogP contribution in [0.25, 0.3) is 10.8 Å². The third kappa shape index (κ3) is 15.4. The zero-order valence-electron chi connectivity index (χ0n) is 42.0. The van der Waals surface area contributed by atoms with E-state index in [1.165, 1.54) is 67.0 Å². The number of hydrogen-bond acceptors (Lipinski definition) is 0. The Balaban J connectivity index is 0.000000357. The number of nitrogens with zero attached hydrogens (tertiary/aromatic N) is 1. The summed E-state index contributed by atoms with van der Waals surface area (Å²) in [4.78, 5) is 0. The van der Waals surface area contributed by atoms with Gasteiger partial charge >= 0.3 is 49.4 Å². The van der Waals surface area contributed by atoms with E-state index >= 15 is 0 Å². The van der Waals surface area contributed by atoms with Crippen molar-refractivity contribution < 1.29 is 110 Å². The number of rotatable bonds is 13. The van der Waals surface area contributed by atoms with Crippen LogP contribution in [0.1, 0.15) is 101 Å². The van der Waals surface area contributed by atoms with Gasteiger partial charge in [0.1, 0.15) is 6.15 Å². The molecule has 0 radical (unpaired) electrons. The van der Waals surface area contributed by atoms with Crippen molar-refractivity contribution in [3.8, 4) is 0 Å². The average Bonchev–Trinajstić information content (AvgIpc) is 2.12. The molecule has 0 unspecified atom stereocenters. The number of halogens is 24. The lowest BCUT2D eigenvalue weighted by Gasteiger charge is -2.46. The Morgan fingerprint density at radius 1 is 0.329 bits per heavy atom. The van der Waals surface area contributed by atoms with Gasteiger partial charge in [-0.15, -0.1) is 0 Å². The largest absolute Gasteiger partial charge is 0.416 e. The lowest BCUT2D eigenvalue weighted by Crippen LogP contribution is -2.75. The molecule has 0 spiro atoms. The van der Waals surface area contributed by atoms with Crippen molar-refractivity contribution in [1.29, 1.82) is 0 Å². The third-order valence-electron chi connectivity index (χ3n) is 13.5. The molecule has 6 aromatic carbocycles. The summed E-state index contributed by atoms with van der Waals surface area (Å²) in [5.74, 6) is 0. The normalized spacial score (nSPS) is 13.3. The molecule has 0 saturated heterocycles. The zero-order chi connectivity index (χ0) is 61.2. The van der Waals surface area contributed by atoms with Crippen molar-refractivity contribution >= 4 is 38.8 Å². The van der Waals surface area contributed by atoms with Crippen molar-refractivity contribution in [3.05, 3.63) is 195 Å². The lowest BCUT2D eigenvalue weighted by atomic mass is 9.12. The van der Waals surface area contributed by atoms with Crippen molar-refractivity contribution in [2.75, 3.05) is 0 Å². The molecule has 0 aliphatic carbocycles. The number of benzene rings is 6. The van der Waals surface area contributed by atoms with Crippen LogP contribution in [0.15, 0.2) is 140 Å². The van der Waals surface area contributed by atoms with Gasteiger partial charge in [-0.3, -0.25) is 0 Å². The molecule has 7 rings (SSSR count). The second-order valence-electron chi connectivity index (χ2n) is 19.2. The van der Waals surface area contributed by atoms with Crippen LogP contribution in [0.4, 0.5) is 105 Å². The molecule has 1 nitrogen and oxygen atoms in total. The van der Waals surface area contributed by atoms with E-state index in [2.05, 4.69) is 78.4 Å². The van der Waals surface area contributed by atoms with Gasteiger partial charge in [0.05, 0.1) is 44.5 Å². The highest BCUT2D eigenvalue weighted by atomic mass is 19.4. The molecular weight excluding hydrogens is 1150 g/mol. The number of aromatic nitrogens is 1. The fraction of sp³-hybridized carbons (Fsp3) is 0.304. The summed E-state index contributed by atoms with van der Waals surface area (Å²) in [6, 6.07) is 13.0. The summed E-state index contributed by atoms with van der Waals surface area (Å²) < 4.78 is 343. The Kier molecular flexibility index (Phi) is 18.6. The highest BCUT2D eigenvalue weighted by Gasteiger charge is 2.47. The maximum atomic E-state index is 14.2. The Labute approximate surface area is 451 Å². The van der Waals surface area contributed by atoms with E-state index in [1.54, 1.807) is 0 Å². The van der Waals surface area contributed by atoms with Gasteiger partial charge in [0.2, 0.25) is 0 Å². The van der Waals surface area contributed by atoms with Gasteiger partial charge in [-0.25, -0.2) is 0 Å². The predicted octanol–water partition coefficient (Wildman–Crippen LogP) is 17.3. The van der Waals surface area contributed by atoms with E-state index in [1.807, 2.05) is 0 Å². The first kappa shape index (κ1) is 64.3. The SMILES string of the molecule is CCCCCCCCc1c2ccccc2cc[n+]1Cc1ccccc1.FC(F)(F)c1cc([B-](c2cc(C(F)(F)F)cc(C(F)(F)F)c2)(c2cc(C(F)(F)F)cc(C(F)(F)F)c2)c2cc(C(F)(F)F)cc(C(F)(F)F)c2)cc(C(F)(F)F)c1. The van der Waals surface area contributed by atoms with Crippen molar-refractivity contribution in [3.63, 3.8) is 0 Å². The van der Waals surface area contributed by atoms with Gasteiger partial charge < -0.3 is 0 Å². The Morgan fingerprint density at radius 2 is 0.622 bits per heavy atom. The first-order chi connectivity index (χ1) is 37.6. The minimum absolute atomic E-state index is 0.691. The van der Waals surface area contributed by atoms with Crippen LogP contribution in [-0.2, 0) is 62.4 Å². The van der Waals surface area contributed by atoms with Gasteiger partial charge in [-0.1, -0.05) is 136 Å². The van der Waals surface area contributed by atoms with E-state index in [-0.39, 0.29) is 0 Å². The molecule has 0 amide bonds. The standard InChI is InChI=1S/C32H12BF24.C24H30N/c34-25(35,36)13-1-14(26(37,38)39)6-21(5-13)33(22-7-15(27(40,41)42)2-16(8-22)28(43,44)45,23-9-17(29(46,47)48)3-18(10-23)30(49,50)51)24-11-19(31(52,53)54)4-20(12-24)32(55,56)57;1-2-3-4-5-6-10-17-24-23-16-12-11-15-22(23)18-19-25(24)20-21-13-8-7-9-14-21/h1-12H;7-9,11-16,18-19H,2-6,10,17,20H2,1H3/q-1;+1. The molecule has 442 valence electrons. The van der Waals surface area contributed by atoms with E-state index in [9.17, 15) is 105 Å². The highest BCUT2D eigenvalue weighted by Crippen LogP contribution is 2.41. The van der Waals surface area contributed by atoms with Gasteiger partial charge in [0.25, 0.3) is 0 Å². The fourth-order valence-electron chi connectivity index (χ4n) is 9.67. The smallest absolute Gasteiger partial charge is 0.198 e. The molecule has 82 heavy (non-hydrogen) atoms. The highest BCUT2D eigenvalue weighted by molar-refractivity contribution is 7.20. The summed E-state index contributed by atoms with van der Waals surface area (Å²) in [5.41, 5.74) is -27.4. The third-order valence-corrected chi connectivity index (χ3v) is 13.5. The first-order valence-corrected chi connectivity index (χ1v) is 24.4. The maximum Gasteiger partial charge on any atom is 0.416 e. The molecule has 7 aromatic rings. The number of pyridine rings is 1. The second kappa shape index (κ2) is 23.8. The maximum absolute atomic E-state index is 14.2. The van der Waals surface area contributed by atoms with Crippen LogP contribution >= 0.6 is 0 Å². The van der Waals surface area contributed by atoms with Gasteiger partial charge in [-0.05, 0) is 42.1 Å². The van der Waals surface area contributed by atoms with E-state index < -0.39 is 195 Å². The van der Waals surface area contributed by atoms with Crippen molar-refractivity contribution in [2.24, 2.45) is 0 Å². The van der Waals surface area contributed by atoms with Crippen LogP contribution in [0.3, 0.4) is 0 Å². The summed E-state index contributed by atoms with van der Waals surface area (Å²) >= 11 is 0. The number of hydrogen-bond donors (Lipinski definition) is 0. The minimum Gasteiger partial charge on any atom is -0.198 e. The molecule has 0 aliphatic rings. The number of fused-ring (bicyclic) bond motifs is 1. The van der Waals surface area contributed by atoms with Crippen LogP contribution in [-0.4, -0.2) is 6.15 Å². The quantitative estimate of drug-likeness (QED) is 0.0469. The van der Waals surface area contributed by atoms with E-state index in [4.69, 9.17) is 0 Å². The summed E-state index contributed by atoms with van der Waals surface area (Å²) in [5, 5.41) is 2.77. The average molecular weight is 1200 g/mol. The Morgan fingerprint density at radius 3 is 0.939 bits per heavy atom. The van der Waals surface area contributed by atoms with Crippen LogP contribution < -0.4 is 26.4 Å². The van der Waals surface area contributed by atoms with Crippen molar-refractivity contribution in [2.45, 2.75) is 108 Å². The van der Waals surface area contributed by atoms with Crippen molar-refractivity contribution in [1.82, 2.24) is 0 Å². The number of aryl methyl sites for hydroxylation is 1.